The first kappa shape index (κ1) is 2.76. The maximum absolute atomic E-state index is 8.13. The van der Waals surface area contributed by atoms with Gasteiger partial charge in [-0.15, -0.1) is 0 Å². The van der Waals surface area contributed by atoms with E-state index >= 15 is 0 Å². The molecule has 0 N–H and O–H groups in total. The lowest BCUT2D eigenvalue weighted by atomic mass is 10.3. The summed E-state index contributed by atoms with van der Waals surface area (Å²) in [6.07, 6.45) is 0. The third-order valence-electron chi connectivity index (χ3n) is 1.31. The maximum Gasteiger partial charge on any atom is 0.186 e. The van der Waals surface area contributed by atoms with Crippen molar-refractivity contribution in [1.29, 1.82) is 0 Å². The highest BCUT2D eigenvalue weighted by Gasteiger charge is 2.17. The number of likely N-dealkylation sites (N-methyl/N-ethyl adjacent to an activating group) is 1. The van der Waals surface area contributed by atoms with Crippen LogP contribution < -0.4 is 4.90 Å². The highest BCUT2D eigenvalue weighted by molar-refractivity contribution is 9.11. The van der Waals surface area contributed by atoms with Gasteiger partial charge in [-0.1, -0.05) is 11.3 Å². The molecule has 0 saturated carbocycles. The molecule has 0 unspecified atom stereocenters. The average Bonchev–Trinajstić information content (AvgIpc) is 2.75. The van der Waals surface area contributed by atoms with Gasteiger partial charge in [0, 0.05) is 39.7 Å². The van der Waals surface area contributed by atoms with Gasteiger partial charge in [-0.05, 0) is 29.8 Å². The summed E-state index contributed by atoms with van der Waals surface area (Å²) in [6.45, 7) is -20.3. The van der Waals surface area contributed by atoms with Crippen LogP contribution in [-0.2, 0) is 0 Å². The van der Waals surface area contributed by atoms with Crippen LogP contribution in [0.2, 0.25) is 0 Å². The summed E-state index contributed by atoms with van der Waals surface area (Å²) in [6, 6.07) is 0. The van der Waals surface area contributed by atoms with Crippen molar-refractivity contribution in [2.24, 2.45) is 0 Å². The highest BCUT2D eigenvalue weighted by Crippen LogP contribution is 2.30. The third kappa shape index (κ3) is 2.10. The van der Waals surface area contributed by atoms with Gasteiger partial charge in [0.1, 0.15) is 0 Å². The lowest BCUT2D eigenvalue weighted by Gasteiger charge is -2.32. The smallest absolute Gasteiger partial charge is 0.186 e. The van der Waals surface area contributed by atoms with E-state index < -0.39 is 55.5 Å². The SMILES string of the molecule is [2H]C([2H])([2H])c1nc(N2C([2H])([2H])C([2H])([2H])N(C([2H])([2H])[2H])C([2H])([2H])C2([2H])[2H])sc1Br. The zero-order chi connectivity index (χ0) is 22.3. The Hall–Kier alpha value is -0.130. The molecule has 0 radical (unpaired) electrons. The monoisotopic (exact) mass is 289 g/mol. The van der Waals surface area contributed by atoms with E-state index in [1.165, 1.54) is 0 Å². The molecule has 0 amide bonds. The van der Waals surface area contributed by atoms with Crippen LogP contribution in [0.25, 0.3) is 0 Å². The van der Waals surface area contributed by atoms with Crippen molar-refractivity contribution in [3.8, 4) is 0 Å². The van der Waals surface area contributed by atoms with E-state index in [2.05, 4.69) is 20.9 Å². The first-order chi connectivity index (χ1) is 12.1. The van der Waals surface area contributed by atoms with Crippen LogP contribution in [0.5, 0.6) is 0 Å². The van der Waals surface area contributed by atoms with Gasteiger partial charge in [-0.25, -0.2) is 4.98 Å². The molecule has 1 aliphatic heterocycles. The van der Waals surface area contributed by atoms with Crippen molar-refractivity contribution in [1.82, 2.24) is 9.88 Å². The lowest BCUT2D eigenvalue weighted by Crippen LogP contribution is -2.44. The summed E-state index contributed by atoms with van der Waals surface area (Å²) in [5.41, 5.74) is -0.543. The van der Waals surface area contributed by atoms with Gasteiger partial charge in [0.15, 0.2) is 5.13 Å². The van der Waals surface area contributed by atoms with Crippen molar-refractivity contribution in [2.75, 3.05) is 37.9 Å². The maximum atomic E-state index is 8.13. The molecule has 14 heavy (non-hydrogen) atoms. The number of rotatable bonds is 1. The van der Waals surface area contributed by atoms with Gasteiger partial charge in [0.2, 0.25) is 0 Å². The number of hydrogen-bond donors (Lipinski definition) is 0. The Balaban J connectivity index is 2.80. The zero-order valence-corrected chi connectivity index (χ0v) is 9.03. The summed E-state index contributed by atoms with van der Waals surface area (Å²) in [5.74, 6) is 0. The molecule has 1 aromatic rings. The first-order valence-electron chi connectivity index (χ1n) is 10.4. The van der Waals surface area contributed by atoms with Crippen LogP contribution in [0.4, 0.5) is 5.13 Å². The largest absolute Gasteiger partial charge is 0.345 e. The number of hydrogen-bond acceptors (Lipinski definition) is 4. The van der Waals surface area contributed by atoms with E-state index in [0.29, 0.717) is 11.3 Å². The van der Waals surface area contributed by atoms with Crippen molar-refractivity contribution in [2.45, 2.75) is 6.85 Å². The van der Waals surface area contributed by atoms with Gasteiger partial charge in [0.25, 0.3) is 0 Å². The Bertz CT molecular complexity index is 739. The Morgan fingerprint density at radius 2 is 2.29 bits per heavy atom. The summed E-state index contributed by atoms with van der Waals surface area (Å²) >= 11 is 3.39. The summed E-state index contributed by atoms with van der Waals surface area (Å²) < 4.78 is 109. The Labute approximate surface area is 117 Å². The molecule has 1 saturated heterocycles. The zero-order valence-electron chi connectivity index (χ0n) is 20.6. The topological polar surface area (TPSA) is 19.4 Å². The van der Waals surface area contributed by atoms with Crippen LogP contribution >= 0.6 is 27.3 Å². The molecule has 0 aromatic carbocycles. The van der Waals surface area contributed by atoms with Crippen LogP contribution in [-0.4, -0.2) is 42.8 Å². The van der Waals surface area contributed by atoms with Crippen LogP contribution in [0.3, 0.4) is 0 Å². The van der Waals surface area contributed by atoms with Gasteiger partial charge in [-0.2, -0.15) is 0 Å². The predicted molar refractivity (Wildman–Crippen MR) is 64.3 cm³/mol. The molecule has 2 rings (SSSR count). The molecule has 78 valence electrons. The van der Waals surface area contributed by atoms with Gasteiger partial charge < -0.3 is 9.80 Å². The summed E-state index contributed by atoms with van der Waals surface area (Å²) in [5, 5.41) is -0.661. The fourth-order valence-electron chi connectivity index (χ4n) is 0.738. The van der Waals surface area contributed by atoms with Gasteiger partial charge in [-0.3, -0.25) is 0 Å². The van der Waals surface area contributed by atoms with Crippen molar-refractivity contribution < 1.29 is 19.2 Å². The van der Waals surface area contributed by atoms with E-state index in [4.69, 9.17) is 19.2 Å². The number of halogens is 1. The summed E-state index contributed by atoms with van der Waals surface area (Å²) in [4.78, 5) is 3.24. The Morgan fingerprint density at radius 3 is 2.86 bits per heavy atom. The second kappa shape index (κ2) is 4.16. The summed E-state index contributed by atoms with van der Waals surface area (Å²) in [7, 11) is 0. The standard InChI is InChI=1S/C9H14BrN3S/c1-7-8(10)14-9(11-7)13-5-3-12(2)4-6-13/h3-6H2,1-2H3/i1D3,2D3,3D2,4D2,5D2,6D2. The van der Waals surface area contributed by atoms with Crippen molar-refractivity contribution >= 4 is 32.4 Å². The quantitative estimate of drug-likeness (QED) is 0.788. The molecule has 0 atom stereocenters. The number of aromatic nitrogens is 1. The fourth-order valence-corrected chi connectivity index (χ4v) is 1.88. The molecule has 0 spiro atoms. The number of piperazine rings is 1. The molecule has 5 heteroatoms. The number of nitrogens with zero attached hydrogens (tertiary/aromatic N) is 3. The Morgan fingerprint density at radius 1 is 1.50 bits per heavy atom. The third-order valence-corrected chi connectivity index (χ3v) is 3.00. The van der Waals surface area contributed by atoms with E-state index in [1.54, 1.807) is 0 Å². The van der Waals surface area contributed by atoms with Crippen LogP contribution in [0.15, 0.2) is 3.79 Å². The predicted octanol–water partition coefficient (Wildman–Crippen LogP) is 1.97. The van der Waals surface area contributed by atoms with E-state index in [9.17, 15) is 0 Å². The minimum Gasteiger partial charge on any atom is -0.345 e. The van der Waals surface area contributed by atoms with Crippen molar-refractivity contribution in [3.05, 3.63) is 9.48 Å². The fraction of sp³-hybridized carbons (Fsp3) is 0.667. The average molecular weight is 290 g/mol. The van der Waals surface area contributed by atoms with E-state index in [-0.39, 0.29) is 8.69 Å². The molecular formula is C9H14BrN3S. The molecule has 3 nitrogen and oxygen atoms in total. The lowest BCUT2D eigenvalue weighted by molar-refractivity contribution is 0.312. The molecule has 1 aromatic heterocycles. The van der Waals surface area contributed by atoms with Crippen molar-refractivity contribution in [3.63, 3.8) is 0 Å². The molecule has 1 aliphatic rings. The normalized spacial score (nSPS) is 49.9. The second-order valence-corrected chi connectivity index (χ2v) is 4.53. The number of anilines is 1. The minimum atomic E-state index is -3.55. The molecule has 2 heterocycles. The molecule has 0 aliphatic carbocycles. The second-order valence-electron chi connectivity index (χ2n) is 2.24. The number of thiazole rings is 1. The van der Waals surface area contributed by atoms with Crippen LogP contribution in [0, 0.1) is 6.85 Å². The van der Waals surface area contributed by atoms with Crippen LogP contribution in [0.1, 0.15) is 24.9 Å². The van der Waals surface area contributed by atoms with Gasteiger partial charge in [0.05, 0.1) is 15.0 Å². The first-order valence-corrected chi connectivity index (χ1v) is 5.00. The number of aryl methyl sites for hydroxylation is 1. The van der Waals surface area contributed by atoms with E-state index in [1.807, 2.05) is 0 Å². The van der Waals surface area contributed by atoms with Gasteiger partial charge >= 0.3 is 0 Å². The Kier molecular flexibility index (Phi) is 0.820. The molecule has 0 bridgehead atoms. The molecule has 1 fully saturated rings. The molecular weight excluding hydrogens is 262 g/mol. The highest BCUT2D eigenvalue weighted by atomic mass is 79.9. The minimum absolute atomic E-state index is 0.0207. The van der Waals surface area contributed by atoms with E-state index in [0.717, 1.165) is 0 Å².